The Balaban J connectivity index is 1.52. The van der Waals surface area contributed by atoms with Crippen molar-refractivity contribution in [1.82, 2.24) is 5.32 Å². The Morgan fingerprint density at radius 3 is 2.81 bits per heavy atom. The van der Waals surface area contributed by atoms with E-state index in [0.717, 1.165) is 42.7 Å². The van der Waals surface area contributed by atoms with Crippen molar-refractivity contribution < 1.29 is 4.74 Å². The normalized spacial score (nSPS) is 18.0. The Kier molecular flexibility index (Phi) is 5.19. The molecule has 0 heterocycles. The molecule has 0 unspecified atom stereocenters. The van der Waals surface area contributed by atoms with E-state index < -0.39 is 0 Å². The summed E-state index contributed by atoms with van der Waals surface area (Å²) in [6, 6.07) is 7.29. The zero-order valence-corrected chi connectivity index (χ0v) is 14.4. The van der Waals surface area contributed by atoms with E-state index in [0.29, 0.717) is 0 Å². The van der Waals surface area contributed by atoms with Gasteiger partial charge < -0.3 is 15.0 Å². The molecule has 2 aliphatic rings. The summed E-state index contributed by atoms with van der Waals surface area (Å²) in [6.07, 6.45) is 5.38. The first-order valence-corrected chi connectivity index (χ1v) is 8.82. The first-order valence-electron chi connectivity index (χ1n) is 8.03. The van der Waals surface area contributed by atoms with Gasteiger partial charge in [-0.15, -0.1) is 0 Å². The monoisotopic (exact) mass is 352 g/mol. The van der Waals surface area contributed by atoms with E-state index in [1.165, 1.54) is 36.9 Å². The molecule has 0 spiro atoms. The van der Waals surface area contributed by atoms with E-state index in [4.69, 9.17) is 4.74 Å². The third kappa shape index (κ3) is 4.97. The van der Waals surface area contributed by atoms with Crippen molar-refractivity contribution in [1.29, 1.82) is 0 Å². The molecular weight excluding hydrogens is 328 g/mol. The van der Waals surface area contributed by atoms with E-state index in [2.05, 4.69) is 51.4 Å². The summed E-state index contributed by atoms with van der Waals surface area (Å²) in [7, 11) is 2.16. The van der Waals surface area contributed by atoms with E-state index in [9.17, 15) is 0 Å². The van der Waals surface area contributed by atoms with E-state index in [1.807, 2.05) is 0 Å². The number of hydrogen-bond donors (Lipinski definition) is 1. The molecule has 0 bridgehead atoms. The lowest BCUT2D eigenvalue weighted by Crippen LogP contribution is -2.25. The van der Waals surface area contributed by atoms with Gasteiger partial charge in [0.2, 0.25) is 0 Å². The van der Waals surface area contributed by atoms with Gasteiger partial charge in [0.15, 0.2) is 0 Å². The molecule has 4 heteroatoms. The third-order valence-electron chi connectivity index (χ3n) is 4.23. The quantitative estimate of drug-likeness (QED) is 0.687. The molecule has 0 atom stereocenters. The van der Waals surface area contributed by atoms with Crippen LogP contribution in [0.5, 0.6) is 0 Å². The Morgan fingerprint density at radius 1 is 1.29 bits per heavy atom. The van der Waals surface area contributed by atoms with Gasteiger partial charge in [-0.05, 0) is 55.4 Å². The molecule has 0 aromatic heterocycles. The third-order valence-corrected chi connectivity index (χ3v) is 4.73. The predicted molar refractivity (Wildman–Crippen MR) is 90.8 cm³/mol. The van der Waals surface area contributed by atoms with Crippen LogP contribution in [0, 0.1) is 5.92 Å². The molecule has 116 valence electrons. The highest BCUT2D eigenvalue weighted by Crippen LogP contribution is 2.29. The van der Waals surface area contributed by atoms with Crippen LogP contribution in [0.25, 0.3) is 0 Å². The van der Waals surface area contributed by atoms with Gasteiger partial charge in [0, 0.05) is 42.9 Å². The van der Waals surface area contributed by atoms with Gasteiger partial charge in [-0.3, -0.25) is 0 Å². The number of nitrogens with one attached hydrogen (secondary N) is 1. The summed E-state index contributed by atoms with van der Waals surface area (Å²) in [5.41, 5.74) is 2.67. The molecule has 2 saturated carbocycles. The van der Waals surface area contributed by atoms with Gasteiger partial charge in [0.1, 0.15) is 0 Å². The molecule has 2 fully saturated rings. The average Bonchev–Trinajstić information content (AvgIpc) is 3.36. The minimum atomic E-state index is 0.740. The number of anilines is 1. The summed E-state index contributed by atoms with van der Waals surface area (Å²) in [6.45, 7) is 3.67. The summed E-state index contributed by atoms with van der Waals surface area (Å²) in [5.74, 6) is 0.848. The maximum absolute atomic E-state index is 5.75. The first kappa shape index (κ1) is 15.3. The smallest absolute Gasteiger partial charge is 0.0641 e. The molecule has 1 aromatic carbocycles. The Labute approximate surface area is 136 Å². The number of hydrogen-bond acceptors (Lipinski definition) is 3. The Morgan fingerprint density at radius 2 is 2.10 bits per heavy atom. The lowest BCUT2D eigenvalue weighted by Gasteiger charge is -2.23. The molecule has 0 saturated heterocycles. The number of nitrogens with zero attached hydrogens (tertiary/aromatic N) is 1. The minimum Gasteiger partial charge on any atom is -0.379 e. The molecule has 0 radical (unpaired) electrons. The summed E-state index contributed by atoms with van der Waals surface area (Å²) < 4.78 is 6.91. The summed E-state index contributed by atoms with van der Waals surface area (Å²) in [4.78, 5) is 2.31. The second-order valence-corrected chi connectivity index (χ2v) is 7.28. The van der Waals surface area contributed by atoms with Gasteiger partial charge in [0.25, 0.3) is 0 Å². The second kappa shape index (κ2) is 7.12. The molecule has 1 N–H and O–H groups in total. The van der Waals surface area contributed by atoms with Crippen LogP contribution < -0.4 is 10.2 Å². The van der Waals surface area contributed by atoms with Crippen LogP contribution in [0.4, 0.5) is 5.69 Å². The van der Waals surface area contributed by atoms with Crippen molar-refractivity contribution >= 4 is 21.6 Å². The Bertz CT molecular complexity index is 472. The van der Waals surface area contributed by atoms with Crippen LogP contribution in [0.15, 0.2) is 22.7 Å². The highest BCUT2D eigenvalue weighted by Gasteiger charge is 2.22. The molecular formula is C17H25BrN2O. The summed E-state index contributed by atoms with van der Waals surface area (Å²) >= 11 is 3.58. The maximum atomic E-state index is 5.75. The minimum absolute atomic E-state index is 0.740. The van der Waals surface area contributed by atoms with Crippen LogP contribution in [0.2, 0.25) is 0 Å². The van der Waals surface area contributed by atoms with Crippen LogP contribution in [-0.2, 0) is 11.3 Å². The fourth-order valence-corrected chi connectivity index (χ4v) is 2.87. The van der Waals surface area contributed by atoms with Gasteiger partial charge in [-0.25, -0.2) is 0 Å². The lowest BCUT2D eigenvalue weighted by molar-refractivity contribution is 0.131. The SMILES string of the molecule is CN(CCOCC1CC1)c1ccc(Br)cc1CNC1CC1. The highest BCUT2D eigenvalue weighted by atomic mass is 79.9. The number of likely N-dealkylation sites (N-methyl/N-ethyl adjacent to an activating group) is 1. The number of benzene rings is 1. The molecule has 1 aromatic rings. The van der Waals surface area contributed by atoms with Gasteiger partial charge in [-0.2, -0.15) is 0 Å². The fraction of sp³-hybridized carbons (Fsp3) is 0.647. The van der Waals surface area contributed by atoms with Gasteiger partial charge in [0.05, 0.1) is 6.61 Å². The topological polar surface area (TPSA) is 24.5 Å². The zero-order chi connectivity index (χ0) is 14.7. The first-order chi connectivity index (χ1) is 10.2. The van der Waals surface area contributed by atoms with Gasteiger partial charge >= 0.3 is 0 Å². The molecule has 3 rings (SSSR count). The van der Waals surface area contributed by atoms with Crippen molar-refractivity contribution in [2.24, 2.45) is 5.92 Å². The second-order valence-electron chi connectivity index (χ2n) is 6.37. The van der Waals surface area contributed by atoms with Crippen LogP contribution in [-0.4, -0.2) is 32.8 Å². The Hall–Kier alpha value is -0.580. The van der Waals surface area contributed by atoms with E-state index >= 15 is 0 Å². The van der Waals surface area contributed by atoms with Crippen LogP contribution in [0.3, 0.4) is 0 Å². The van der Waals surface area contributed by atoms with Crippen molar-refractivity contribution in [3.63, 3.8) is 0 Å². The number of halogens is 1. The van der Waals surface area contributed by atoms with Crippen LogP contribution in [0.1, 0.15) is 31.2 Å². The van der Waals surface area contributed by atoms with Crippen molar-refractivity contribution in [3.05, 3.63) is 28.2 Å². The summed E-state index contributed by atoms with van der Waals surface area (Å²) in [5, 5.41) is 3.61. The highest BCUT2D eigenvalue weighted by molar-refractivity contribution is 9.10. The van der Waals surface area contributed by atoms with Crippen molar-refractivity contribution in [3.8, 4) is 0 Å². The standard InChI is InChI=1S/C17H25BrN2O/c1-20(8-9-21-12-13-2-3-13)17-7-4-15(18)10-14(17)11-19-16-5-6-16/h4,7,10,13,16,19H,2-3,5-6,8-9,11-12H2,1H3. The van der Waals surface area contributed by atoms with Crippen LogP contribution >= 0.6 is 15.9 Å². The fourth-order valence-electron chi connectivity index (χ4n) is 2.47. The average molecular weight is 353 g/mol. The van der Waals surface area contributed by atoms with Crippen molar-refractivity contribution in [2.75, 3.05) is 31.7 Å². The molecule has 21 heavy (non-hydrogen) atoms. The molecule has 3 nitrogen and oxygen atoms in total. The largest absolute Gasteiger partial charge is 0.379 e. The maximum Gasteiger partial charge on any atom is 0.0641 e. The molecule has 0 amide bonds. The molecule has 0 aliphatic heterocycles. The lowest BCUT2D eigenvalue weighted by atomic mass is 10.1. The number of rotatable bonds is 9. The van der Waals surface area contributed by atoms with E-state index in [-0.39, 0.29) is 0 Å². The van der Waals surface area contributed by atoms with Crippen molar-refractivity contribution in [2.45, 2.75) is 38.3 Å². The zero-order valence-electron chi connectivity index (χ0n) is 12.8. The molecule has 2 aliphatic carbocycles. The van der Waals surface area contributed by atoms with E-state index in [1.54, 1.807) is 0 Å². The number of ether oxygens (including phenoxy) is 1. The predicted octanol–water partition coefficient (Wildman–Crippen LogP) is 3.56. The van der Waals surface area contributed by atoms with Gasteiger partial charge in [-0.1, -0.05) is 15.9 Å².